The minimum absolute atomic E-state index is 0.0370. The maximum Gasteiger partial charge on any atom is 0.317 e. The molecule has 1 fully saturated rings. The van der Waals surface area contributed by atoms with Crippen molar-refractivity contribution in [2.75, 3.05) is 46.4 Å². The third-order valence-electron chi connectivity index (χ3n) is 4.00. The molecule has 0 aromatic heterocycles. The second-order valence-corrected chi connectivity index (χ2v) is 5.72. The van der Waals surface area contributed by atoms with Gasteiger partial charge in [-0.15, -0.1) is 0 Å². The van der Waals surface area contributed by atoms with Gasteiger partial charge in [0.2, 0.25) is 5.91 Å². The summed E-state index contributed by atoms with van der Waals surface area (Å²) >= 11 is 0. The number of urea groups is 1. The van der Waals surface area contributed by atoms with E-state index in [0.29, 0.717) is 45.8 Å². The van der Waals surface area contributed by atoms with E-state index < -0.39 is 0 Å². The zero-order chi connectivity index (χ0) is 17.4. The topological polar surface area (TPSA) is 73.9 Å². The Hall–Kier alpha value is -2.28. The first kappa shape index (κ1) is 18.1. The predicted molar refractivity (Wildman–Crippen MR) is 91.9 cm³/mol. The molecule has 2 rings (SSSR count). The number of nitrogens with one attached hydrogen (secondary N) is 2. The molecule has 1 aliphatic rings. The number of carbonyl (C=O) groups excluding carboxylic acids is 2. The molecule has 0 unspecified atom stereocenters. The number of carbonyl (C=O) groups is 2. The van der Waals surface area contributed by atoms with E-state index in [-0.39, 0.29) is 11.9 Å². The highest BCUT2D eigenvalue weighted by Crippen LogP contribution is 2.11. The quantitative estimate of drug-likeness (QED) is 0.801. The lowest BCUT2D eigenvalue weighted by Crippen LogP contribution is -2.53. The number of rotatable bonds is 6. The third-order valence-corrected chi connectivity index (χ3v) is 4.00. The monoisotopic (exact) mass is 334 g/mol. The van der Waals surface area contributed by atoms with Crippen LogP contribution in [0, 0.1) is 0 Å². The van der Waals surface area contributed by atoms with Gasteiger partial charge in [-0.2, -0.15) is 0 Å². The molecule has 1 heterocycles. The van der Waals surface area contributed by atoms with E-state index in [1.54, 1.807) is 12.0 Å². The van der Waals surface area contributed by atoms with Gasteiger partial charge in [0.25, 0.3) is 0 Å². The Labute approximate surface area is 142 Å². The van der Waals surface area contributed by atoms with E-state index in [9.17, 15) is 9.59 Å². The molecule has 0 radical (unpaired) electrons. The average molecular weight is 334 g/mol. The summed E-state index contributed by atoms with van der Waals surface area (Å²) in [5.41, 5.74) is 1.03. The van der Waals surface area contributed by atoms with Crippen LogP contribution >= 0.6 is 0 Å². The molecule has 1 aromatic carbocycles. The normalized spacial score (nSPS) is 15.0. The zero-order valence-electron chi connectivity index (χ0n) is 14.4. The minimum atomic E-state index is -0.0662. The van der Waals surface area contributed by atoms with Crippen molar-refractivity contribution in [3.8, 4) is 5.75 Å². The number of amides is 3. The molecule has 132 valence electrons. The van der Waals surface area contributed by atoms with Crippen LogP contribution in [0.4, 0.5) is 4.79 Å². The summed E-state index contributed by atoms with van der Waals surface area (Å²) < 4.78 is 5.11. The van der Waals surface area contributed by atoms with E-state index in [2.05, 4.69) is 15.5 Å². The van der Waals surface area contributed by atoms with Gasteiger partial charge >= 0.3 is 6.03 Å². The lowest BCUT2D eigenvalue weighted by molar-refractivity contribution is -0.122. The molecule has 7 heteroatoms. The van der Waals surface area contributed by atoms with Crippen LogP contribution in [0.15, 0.2) is 24.3 Å². The fourth-order valence-corrected chi connectivity index (χ4v) is 2.60. The van der Waals surface area contributed by atoms with Crippen LogP contribution in [0.25, 0.3) is 0 Å². The predicted octanol–water partition coefficient (Wildman–Crippen LogP) is 0.659. The van der Waals surface area contributed by atoms with Crippen LogP contribution in [0.2, 0.25) is 0 Å². The van der Waals surface area contributed by atoms with Crippen molar-refractivity contribution >= 4 is 11.9 Å². The number of benzene rings is 1. The van der Waals surface area contributed by atoms with Gasteiger partial charge in [-0.25, -0.2) is 4.79 Å². The Balaban J connectivity index is 1.71. The van der Waals surface area contributed by atoms with Crippen molar-refractivity contribution in [2.24, 2.45) is 0 Å². The number of likely N-dealkylation sites (N-methyl/N-ethyl adjacent to an activating group) is 1. The van der Waals surface area contributed by atoms with E-state index in [0.717, 1.165) is 11.3 Å². The molecule has 0 saturated carbocycles. The summed E-state index contributed by atoms with van der Waals surface area (Å²) in [4.78, 5) is 27.7. The van der Waals surface area contributed by atoms with Gasteiger partial charge in [-0.3, -0.25) is 9.69 Å². The first-order valence-corrected chi connectivity index (χ1v) is 8.27. The van der Waals surface area contributed by atoms with E-state index in [1.807, 2.05) is 31.2 Å². The van der Waals surface area contributed by atoms with Crippen LogP contribution in [-0.4, -0.2) is 68.1 Å². The van der Waals surface area contributed by atoms with Gasteiger partial charge in [-0.1, -0.05) is 12.1 Å². The molecule has 24 heavy (non-hydrogen) atoms. The van der Waals surface area contributed by atoms with Crippen molar-refractivity contribution in [3.05, 3.63) is 29.8 Å². The Morgan fingerprint density at radius 2 is 1.75 bits per heavy atom. The largest absolute Gasteiger partial charge is 0.497 e. The van der Waals surface area contributed by atoms with Crippen LogP contribution in [0.3, 0.4) is 0 Å². The molecular weight excluding hydrogens is 308 g/mol. The first-order chi connectivity index (χ1) is 11.6. The SMILES string of the molecule is CCNC(=O)CN1CCN(C(=O)NCc2ccc(OC)cc2)CC1. The summed E-state index contributed by atoms with van der Waals surface area (Å²) in [6, 6.07) is 7.55. The summed E-state index contributed by atoms with van der Waals surface area (Å²) in [6.45, 7) is 6.13. The van der Waals surface area contributed by atoms with Crippen molar-refractivity contribution in [1.29, 1.82) is 0 Å². The van der Waals surface area contributed by atoms with Gasteiger partial charge in [0, 0.05) is 39.3 Å². The van der Waals surface area contributed by atoms with Gasteiger partial charge in [-0.05, 0) is 24.6 Å². The molecule has 1 saturated heterocycles. The van der Waals surface area contributed by atoms with Crippen molar-refractivity contribution < 1.29 is 14.3 Å². The molecule has 3 amide bonds. The number of hydrogen-bond acceptors (Lipinski definition) is 4. The fraction of sp³-hybridized carbons (Fsp3) is 0.529. The van der Waals surface area contributed by atoms with Gasteiger partial charge in [0.05, 0.1) is 13.7 Å². The van der Waals surface area contributed by atoms with Gasteiger partial charge in [0.1, 0.15) is 5.75 Å². The molecule has 0 bridgehead atoms. The van der Waals surface area contributed by atoms with Crippen LogP contribution in [-0.2, 0) is 11.3 Å². The summed E-state index contributed by atoms with van der Waals surface area (Å²) in [5, 5.41) is 5.72. The Morgan fingerprint density at radius 3 is 2.33 bits per heavy atom. The number of nitrogens with zero attached hydrogens (tertiary/aromatic N) is 2. The highest BCUT2D eigenvalue weighted by molar-refractivity contribution is 5.78. The lowest BCUT2D eigenvalue weighted by Gasteiger charge is -2.34. The maximum absolute atomic E-state index is 12.2. The second kappa shape index (κ2) is 9.12. The standard InChI is InChI=1S/C17H26N4O3/c1-3-18-16(22)13-20-8-10-21(11-9-20)17(23)19-12-14-4-6-15(24-2)7-5-14/h4-7H,3,8-13H2,1-2H3,(H,18,22)(H,19,23). The Kier molecular flexibility index (Phi) is 6.87. The fourth-order valence-electron chi connectivity index (χ4n) is 2.60. The van der Waals surface area contributed by atoms with Crippen molar-refractivity contribution in [3.63, 3.8) is 0 Å². The number of hydrogen-bond donors (Lipinski definition) is 2. The van der Waals surface area contributed by atoms with Crippen LogP contribution in [0.1, 0.15) is 12.5 Å². The second-order valence-electron chi connectivity index (χ2n) is 5.72. The molecule has 7 nitrogen and oxygen atoms in total. The van der Waals surface area contributed by atoms with Crippen molar-refractivity contribution in [1.82, 2.24) is 20.4 Å². The van der Waals surface area contributed by atoms with Crippen LogP contribution < -0.4 is 15.4 Å². The molecule has 0 aliphatic carbocycles. The minimum Gasteiger partial charge on any atom is -0.497 e. The number of methoxy groups -OCH3 is 1. The lowest BCUT2D eigenvalue weighted by atomic mass is 10.2. The van der Waals surface area contributed by atoms with E-state index in [4.69, 9.17) is 4.74 Å². The molecular formula is C17H26N4O3. The zero-order valence-corrected chi connectivity index (χ0v) is 14.4. The third kappa shape index (κ3) is 5.42. The van der Waals surface area contributed by atoms with Gasteiger partial charge < -0.3 is 20.3 Å². The average Bonchev–Trinajstić information content (AvgIpc) is 2.61. The molecule has 2 N–H and O–H groups in total. The number of ether oxygens (including phenoxy) is 1. The Morgan fingerprint density at radius 1 is 1.08 bits per heavy atom. The Bertz CT molecular complexity index is 539. The number of piperazine rings is 1. The van der Waals surface area contributed by atoms with Crippen molar-refractivity contribution in [2.45, 2.75) is 13.5 Å². The molecule has 1 aliphatic heterocycles. The van der Waals surface area contributed by atoms with E-state index >= 15 is 0 Å². The maximum atomic E-state index is 12.2. The first-order valence-electron chi connectivity index (χ1n) is 8.27. The highest BCUT2D eigenvalue weighted by Gasteiger charge is 2.21. The molecule has 0 atom stereocenters. The van der Waals surface area contributed by atoms with E-state index in [1.165, 1.54) is 0 Å². The van der Waals surface area contributed by atoms with Crippen LogP contribution in [0.5, 0.6) is 5.75 Å². The highest BCUT2D eigenvalue weighted by atomic mass is 16.5. The van der Waals surface area contributed by atoms with Gasteiger partial charge in [0.15, 0.2) is 0 Å². The smallest absolute Gasteiger partial charge is 0.317 e. The summed E-state index contributed by atoms with van der Waals surface area (Å²) in [7, 11) is 1.63. The summed E-state index contributed by atoms with van der Waals surface area (Å²) in [6.07, 6.45) is 0. The summed E-state index contributed by atoms with van der Waals surface area (Å²) in [5.74, 6) is 0.836. The molecule has 0 spiro atoms. The molecule has 1 aromatic rings.